The van der Waals surface area contributed by atoms with Gasteiger partial charge >= 0.3 is 0 Å². The van der Waals surface area contributed by atoms with Gasteiger partial charge in [-0.15, -0.1) is 22.9 Å². The van der Waals surface area contributed by atoms with E-state index in [1.807, 2.05) is 11.3 Å². The minimum Gasteiger partial charge on any atom is -0.149 e. The molecule has 0 nitrogen and oxygen atoms in total. The third-order valence-corrected chi connectivity index (χ3v) is 5.08. The number of hydrogen-bond acceptors (Lipinski definition) is 1. The van der Waals surface area contributed by atoms with Crippen LogP contribution in [0, 0.1) is 5.92 Å². The monoisotopic (exact) mass is 212 g/mol. The fourth-order valence-electron chi connectivity index (χ4n) is 2.90. The Balaban J connectivity index is 2.02. The maximum absolute atomic E-state index is 5.96. The highest BCUT2D eigenvalue weighted by Crippen LogP contribution is 2.61. The van der Waals surface area contributed by atoms with Gasteiger partial charge in [0.15, 0.2) is 0 Å². The first-order valence-electron chi connectivity index (χ1n) is 4.99. The number of aryl methyl sites for hydroxylation is 1. The lowest BCUT2D eigenvalue weighted by Crippen LogP contribution is -2.16. The van der Waals surface area contributed by atoms with E-state index in [2.05, 4.69) is 11.4 Å². The second-order valence-corrected chi connectivity index (χ2v) is 5.63. The maximum atomic E-state index is 5.96. The van der Waals surface area contributed by atoms with E-state index >= 15 is 0 Å². The molecule has 13 heavy (non-hydrogen) atoms. The summed E-state index contributed by atoms with van der Waals surface area (Å²) in [5.41, 5.74) is 2.18. The van der Waals surface area contributed by atoms with E-state index in [0.717, 1.165) is 11.8 Å². The van der Waals surface area contributed by atoms with Crippen molar-refractivity contribution in [1.29, 1.82) is 0 Å². The fourth-order valence-corrected chi connectivity index (χ4v) is 4.33. The van der Waals surface area contributed by atoms with E-state index in [1.165, 1.54) is 25.7 Å². The van der Waals surface area contributed by atoms with Crippen molar-refractivity contribution in [3.05, 3.63) is 21.9 Å². The molecule has 2 heteroatoms. The number of hydrogen-bond donors (Lipinski definition) is 0. The van der Waals surface area contributed by atoms with Crippen LogP contribution in [0.25, 0.3) is 0 Å². The van der Waals surface area contributed by atoms with E-state index in [1.54, 1.807) is 10.4 Å². The van der Waals surface area contributed by atoms with Crippen molar-refractivity contribution >= 4 is 22.9 Å². The SMILES string of the molecule is ClCC1CC12CCCc1sccc12. The Morgan fingerprint density at radius 1 is 1.62 bits per heavy atom. The van der Waals surface area contributed by atoms with Crippen LogP contribution in [0.15, 0.2) is 11.4 Å². The molecule has 0 aromatic carbocycles. The molecule has 0 amide bonds. The highest BCUT2D eigenvalue weighted by molar-refractivity contribution is 7.10. The first kappa shape index (κ1) is 8.31. The van der Waals surface area contributed by atoms with Crippen molar-refractivity contribution in [3.63, 3.8) is 0 Å². The van der Waals surface area contributed by atoms with E-state index in [9.17, 15) is 0 Å². The van der Waals surface area contributed by atoms with Crippen molar-refractivity contribution in [3.8, 4) is 0 Å². The molecule has 0 bridgehead atoms. The van der Waals surface area contributed by atoms with Crippen molar-refractivity contribution in [1.82, 2.24) is 0 Å². The zero-order valence-corrected chi connectivity index (χ0v) is 9.13. The summed E-state index contributed by atoms with van der Waals surface area (Å²) in [6, 6.07) is 2.34. The van der Waals surface area contributed by atoms with Crippen LogP contribution in [0.2, 0.25) is 0 Å². The van der Waals surface area contributed by atoms with Crippen LogP contribution in [0.4, 0.5) is 0 Å². The van der Waals surface area contributed by atoms with Gasteiger partial charge in [-0.2, -0.15) is 0 Å². The molecule has 1 heterocycles. The standard InChI is InChI=1S/C11H13ClS/c12-7-8-6-11(8)4-1-2-10-9(11)3-5-13-10/h3,5,8H,1-2,4,6-7H2. The molecule has 0 aliphatic heterocycles. The molecule has 2 unspecified atom stereocenters. The third-order valence-electron chi connectivity index (χ3n) is 3.73. The molecular formula is C11H13ClS. The normalized spacial score (nSPS) is 36.2. The van der Waals surface area contributed by atoms with Crippen LogP contribution in [0.1, 0.15) is 29.7 Å². The van der Waals surface area contributed by atoms with Crippen LogP contribution >= 0.6 is 22.9 Å². The van der Waals surface area contributed by atoms with Gasteiger partial charge < -0.3 is 0 Å². The van der Waals surface area contributed by atoms with Crippen LogP contribution < -0.4 is 0 Å². The second-order valence-electron chi connectivity index (χ2n) is 4.32. The predicted octanol–water partition coefficient (Wildman–Crippen LogP) is 3.58. The zero-order chi connectivity index (χ0) is 8.89. The average molecular weight is 213 g/mol. The van der Waals surface area contributed by atoms with Gasteiger partial charge in [-0.25, -0.2) is 0 Å². The summed E-state index contributed by atoms with van der Waals surface area (Å²) in [6.07, 6.45) is 5.42. The number of rotatable bonds is 1. The second kappa shape index (κ2) is 2.74. The minimum absolute atomic E-state index is 0.537. The molecule has 2 aliphatic rings. The number of fused-ring (bicyclic) bond motifs is 2. The number of thiophene rings is 1. The van der Waals surface area contributed by atoms with Crippen LogP contribution in [-0.4, -0.2) is 5.88 Å². The van der Waals surface area contributed by atoms with E-state index < -0.39 is 0 Å². The van der Waals surface area contributed by atoms with Crippen molar-refractivity contribution in [2.75, 3.05) is 5.88 Å². The van der Waals surface area contributed by atoms with Crippen LogP contribution in [0.3, 0.4) is 0 Å². The molecule has 1 fully saturated rings. The van der Waals surface area contributed by atoms with E-state index in [-0.39, 0.29) is 0 Å². The number of halogens is 1. The van der Waals surface area contributed by atoms with Gasteiger partial charge in [0.2, 0.25) is 0 Å². The summed E-state index contributed by atoms with van der Waals surface area (Å²) in [6.45, 7) is 0. The summed E-state index contributed by atoms with van der Waals surface area (Å²) >= 11 is 7.90. The largest absolute Gasteiger partial charge is 0.149 e. The van der Waals surface area contributed by atoms with Gasteiger partial charge in [0.1, 0.15) is 0 Å². The Labute approximate surface area is 87.9 Å². The van der Waals surface area contributed by atoms with Crippen molar-refractivity contribution in [2.45, 2.75) is 31.1 Å². The highest BCUT2D eigenvalue weighted by Gasteiger charge is 2.56. The molecule has 0 radical (unpaired) electrons. The molecule has 3 rings (SSSR count). The highest BCUT2D eigenvalue weighted by atomic mass is 35.5. The van der Waals surface area contributed by atoms with Crippen molar-refractivity contribution in [2.24, 2.45) is 5.92 Å². The lowest BCUT2D eigenvalue weighted by atomic mass is 9.83. The molecule has 70 valence electrons. The molecule has 2 aliphatic carbocycles. The smallest absolute Gasteiger partial charge is 0.0260 e. The van der Waals surface area contributed by atoms with Crippen molar-refractivity contribution < 1.29 is 0 Å². The summed E-state index contributed by atoms with van der Waals surface area (Å²) in [5, 5.41) is 2.25. The lowest BCUT2D eigenvalue weighted by Gasteiger charge is -2.23. The van der Waals surface area contributed by atoms with E-state index in [0.29, 0.717) is 5.41 Å². The fraction of sp³-hybridized carbons (Fsp3) is 0.636. The first-order chi connectivity index (χ1) is 6.37. The Hall–Kier alpha value is -0.0100. The summed E-state index contributed by atoms with van der Waals surface area (Å²) in [4.78, 5) is 1.64. The summed E-state index contributed by atoms with van der Waals surface area (Å²) < 4.78 is 0. The molecule has 1 saturated carbocycles. The Morgan fingerprint density at radius 3 is 3.31 bits per heavy atom. The zero-order valence-electron chi connectivity index (χ0n) is 7.55. The third kappa shape index (κ3) is 1.04. The van der Waals surface area contributed by atoms with Gasteiger partial charge in [0.05, 0.1) is 0 Å². The molecule has 1 aromatic heterocycles. The topological polar surface area (TPSA) is 0 Å². The van der Waals surface area contributed by atoms with Gasteiger partial charge in [-0.3, -0.25) is 0 Å². The van der Waals surface area contributed by atoms with Crippen LogP contribution in [-0.2, 0) is 11.8 Å². The summed E-state index contributed by atoms with van der Waals surface area (Å²) in [5.74, 6) is 1.64. The molecule has 1 spiro atoms. The van der Waals surface area contributed by atoms with Crippen LogP contribution in [0.5, 0.6) is 0 Å². The molecule has 0 saturated heterocycles. The number of alkyl halides is 1. The quantitative estimate of drug-likeness (QED) is 0.625. The predicted molar refractivity (Wildman–Crippen MR) is 57.8 cm³/mol. The van der Waals surface area contributed by atoms with Gasteiger partial charge in [-0.05, 0) is 48.6 Å². The minimum atomic E-state index is 0.537. The van der Waals surface area contributed by atoms with E-state index in [4.69, 9.17) is 11.6 Å². The van der Waals surface area contributed by atoms with Gasteiger partial charge in [0, 0.05) is 16.2 Å². The lowest BCUT2D eigenvalue weighted by molar-refractivity contribution is 0.516. The Kier molecular flexibility index (Phi) is 1.75. The summed E-state index contributed by atoms with van der Waals surface area (Å²) in [7, 11) is 0. The first-order valence-corrected chi connectivity index (χ1v) is 6.41. The molecular weight excluding hydrogens is 200 g/mol. The molecule has 2 atom stereocenters. The van der Waals surface area contributed by atoms with Gasteiger partial charge in [0.25, 0.3) is 0 Å². The molecule has 1 aromatic rings. The Morgan fingerprint density at radius 2 is 2.54 bits per heavy atom. The average Bonchev–Trinajstić information content (AvgIpc) is 2.61. The molecule has 0 N–H and O–H groups in total. The maximum Gasteiger partial charge on any atom is 0.0260 e. The van der Waals surface area contributed by atoms with Gasteiger partial charge in [-0.1, -0.05) is 0 Å². The Bertz CT molecular complexity index is 331.